The number of hydrogen-bond donors (Lipinski definition) is 3. The SMILES string of the molecule is CCCCCNNC(=O)[C@@]1(Cc2ccc(Br)cc2)N=C(c2ccc(OCCCO)cc2)O[C@H]1c1ccccc1CN=[N+]=[N-]. The second-order valence-corrected chi connectivity index (χ2v) is 11.2. The van der Waals surface area contributed by atoms with Crippen molar-refractivity contribution in [2.24, 2.45) is 10.1 Å². The van der Waals surface area contributed by atoms with E-state index in [0.29, 0.717) is 36.8 Å². The molecule has 1 aliphatic rings. The van der Waals surface area contributed by atoms with Gasteiger partial charge in [-0.05, 0) is 65.0 Å². The summed E-state index contributed by atoms with van der Waals surface area (Å²) in [5, 5.41) is 12.8. The number of rotatable bonds is 16. The van der Waals surface area contributed by atoms with Gasteiger partial charge in [0.2, 0.25) is 5.90 Å². The van der Waals surface area contributed by atoms with Gasteiger partial charge in [0.15, 0.2) is 11.6 Å². The number of benzene rings is 3. The normalized spacial score (nSPS) is 17.5. The number of unbranched alkanes of at least 4 members (excludes halogenated alkanes) is 2. The fourth-order valence-electron chi connectivity index (χ4n) is 4.93. The van der Waals surface area contributed by atoms with E-state index in [1.54, 1.807) is 0 Å². The van der Waals surface area contributed by atoms with Crippen LogP contribution in [0, 0.1) is 0 Å². The van der Waals surface area contributed by atoms with E-state index in [1.807, 2.05) is 72.8 Å². The highest BCUT2D eigenvalue weighted by Crippen LogP contribution is 2.43. The zero-order valence-electron chi connectivity index (χ0n) is 24.2. The quantitative estimate of drug-likeness (QED) is 0.0547. The summed E-state index contributed by atoms with van der Waals surface area (Å²) in [6.07, 6.45) is 3.03. The lowest BCUT2D eigenvalue weighted by Gasteiger charge is -2.32. The number of azide groups is 1. The summed E-state index contributed by atoms with van der Waals surface area (Å²) in [7, 11) is 0. The minimum atomic E-state index is -1.39. The van der Waals surface area contributed by atoms with Crippen LogP contribution in [0.15, 0.2) is 87.4 Å². The van der Waals surface area contributed by atoms with E-state index < -0.39 is 11.6 Å². The van der Waals surface area contributed by atoms with Crippen LogP contribution in [0.25, 0.3) is 10.4 Å². The molecule has 0 saturated heterocycles. The Kier molecular flexibility index (Phi) is 12.0. The number of nitrogens with zero attached hydrogens (tertiary/aromatic N) is 4. The van der Waals surface area contributed by atoms with Crippen molar-refractivity contribution in [3.63, 3.8) is 0 Å². The zero-order valence-corrected chi connectivity index (χ0v) is 25.8. The van der Waals surface area contributed by atoms with Crippen molar-refractivity contribution in [2.45, 2.75) is 57.2 Å². The fourth-order valence-corrected chi connectivity index (χ4v) is 5.19. The predicted molar refractivity (Wildman–Crippen MR) is 170 cm³/mol. The molecule has 3 aromatic carbocycles. The van der Waals surface area contributed by atoms with Crippen LogP contribution in [0.1, 0.15) is 61.0 Å². The lowest BCUT2D eigenvalue weighted by molar-refractivity contribution is -0.130. The molecule has 0 unspecified atom stereocenters. The molecule has 4 rings (SSSR count). The Morgan fingerprint density at radius 3 is 2.60 bits per heavy atom. The molecule has 1 amide bonds. The van der Waals surface area contributed by atoms with Crippen LogP contribution in [0.2, 0.25) is 0 Å². The Labute approximate surface area is 260 Å². The van der Waals surface area contributed by atoms with Gasteiger partial charge in [-0.2, -0.15) is 0 Å². The molecule has 11 heteroatoms. The molecule has 0 aromatic heterocycles. The first kappa shape index (κ1) is 32.0. The number of hydrazine groups is 1. The van der Waals surface area contributed by atoms with Crippen molar-refractivity contribution in [3.05, 3.63) is 110 Å². The summed E-state index contributed by atoms with van der Waals surface area (Å²) in [5.41, 5.74) is 16.7. The highest BCUT2D eigenvalue weighted by Gasteiger charge is 2.53. The number of aliphatic imine (C=N–C) groups is 1. The second-order valence-electron chi connectivity index (χ2n) is 10.3. The molecule has 0 aliphatic carbocycles. The van der Waals surface area contributed by atoms with Crippen molar-refractivity contribution in [3.8, 4) is 5.75 Å². The Morgan fingerprint density at radius 1 is 1.12 bits per heavy atom. The number of carbonyl (C=O) groups excluding carboxylic acids is 1. The molecule has 3 N–H and O–H groups in total. The van der Waals surface area contributed by atoms with Gasteiger partial charge in [-0.15, -0.1) is 0 Å². The van der Waals surface area contributed by atoms with Crippen molar-refractivity contribution in [1.82, 2.24) is 10.9 Å². The van der Waals surface area contributed by atoms with Crippen LogP contribution in [0.4, 0.5) is 0 Å². The summed E-state index contributed by atoms with van der Waals surface area (Å²) in [6, 6.07) is 22.6. The van der Waals surface area contributed by atoms with Crippen LogP contribution in [0.3, 0.4) is 0 Å². The lowest BCUT2D eigenvalue weighted by atomic mass is 9.81. The van der Waals surface area contributed by atoms with Crippen LogP contribution in [-0.4, -0.2) is 42.2 Å². The maximum Gasteiger partial charge on any atom is 0.266 e. The molecule has 2 atom stereocenters. The predicted octanol–water partition coefficient (Wildman–Crippen LogP) is 6.33. The van der Waals surface area contributed by atoms with Crippen LogP contribution in [0.5, 0.6) is 5.75 Å². The number of nitrogens with one attached hydrogen (secondary N) is 2. The molecule has 226 valence electrons. The van der Waals surface area contributed by atoms with Gasteiger partial charge in [0, 0.05) is 40.9 Å². The standard InChI is InChI=1S/C32H37BrN6O4/c1-2-3-6-18-35-38-31(41)32(21-23-10-14-26(33)15-11-23)29(28-9-5-4-8-25(28)22-36-39-34)43-30(37-32)24-12-16-27(17-13-24)42-20-7-19-40/h4-5,8-17,29,35,40H,2-3,6-7,18-22H2,1H3,(H,38,41)/t29-,32-/m0/s1. The minimum Gasteiger partial charge on any atom is -0.494 e. The van der Waals surface area contributed by atoms with Crippen molar-refractivity contribution < 1.29 is 19.4 Å². The molecule has 0 saturated carbocycles. The fraction of sp³-hybridized carbons (Fsp3) is 0.375. The maximum atomic E-state index is 14.3. The zero-order chi connectivity index (χ0) is 30.5. The third kappa shape index (κ3) is 8.36. The first-order valence-corrected chi connectivity index (χ1v) is 15.3. The molecule has 43 heavy (non-hydrogen) atoms. The number of halogens is 1. The lowest BCUT2D eigenvalue weighted by Crippen LogP contribution is -2.54. The average Bonchev–Trinajstić information content (AvgIpc) is 3.41. The van der Waals surface area contributed by atoms with Gasteiger partial charge in [-0.25, -0.2) is 10.4 Å². The van der Waals surface area contributed by atoms with E-state index >= 15 is 0 Å². The molecule has 10 nitrogen and oxygen atoms in total. The molecule has 1 heterocycles. The summed E-state index contributed by atoms with van der Waals surface area (Å²) >= 11 is 3.50. The van der Waals surface area contributed by atoms with Gasteiger partial charge in [-0.3, -0.25) is 10.2 Å². The Morgan fingerprint density at radius 2 is 1.88 bits per heavy atom. The number of hydrogen-bond acceptors (Lipinski definition) is 7. The number of aliphatic hydroxyl groups excluding tert-OH is 1. The molecule has 0 spiro atoms. The molecule has 0 fully saturated rings. The van der Waals surface area contributed by atoms with Crippen LogP contribution < -0.4 is 15.6 Å². The first-order valence-electron chi connectivity index (χ1n) is 14.5. The van der Waals surface area contributed by atoms with Crippen LogP contribution >= 0.6 is 15.9 Å². The van der Waals surface area contributed by atoms with Gasteiger partial charge >= 0.3 is 0 Å². The molecular weight excluding hydrogens is 612 g/mol. The van der Waals surface area contributed by atoms with E-state index in [9.17, 15) is 4.79 Å². The summed E-state index contributed by atoms with van der Waals surface area (Å²) in [4.78, 5) is 22.3. The minimum absolute atomic E-state index is 0.0568. The number of aliphatic hydroxyl groups is 1. The largest absolute Gasteiger partial charge is 0.494 e. The maximum absolute atomic E-state index is 14.3. The number of amides is 1. The Bertz CT molecular complexity index is 1430. The summed E-state index contributed by atoms with van der Waals surface area (Å²) < 4.78 is 13.2. The van der Waals surface area contributed by atoms with Crippen molar-refractivity contribution >= 4 is 27.7 Å². The van der Waals surface area contributed by atoms with Gasteiger partial charge in [0.05, 0.1) is 13.2 Å². The summed E-state index contributed by atoms with van der Waals surface area (Å²) in [5.74, 6) is 0.653. The van der Waals surface area contributed by atoms with E-state index in [4.69, 9.17) is 25.1 Å². The summed E-state index contributed by atoms with van der Waals surface area (Å²) in [6.45, 7) is 3.32. The first-order chi connectivity index (χ1) is 21.0. The van der Waals surface area contributed by atoms with Gasteiger partial charge < -0.3 is 14.6 Å². The topological polar surface area (TPSA) is 141 Å². The number of carbonyl (C=O) groups is 1. The van der Waals surface area contributed by atoms with E-state index in [2.05, 4.69) is 43.7 Å². The molecular formula is C32H37BrN6O4. The molecule has 1 aliphatic heterocycles. The van der Waals surface area contributed by atoms with Crippen LogP contribution in [-0.2, 0) is 22.5 Å². The second kappa shape index (κ2) is 16.1. The van der Waals surface area contributed by atoms with Gasteiger partial charge in [-0.1, -0.05) is 77.2 Å². The van der Waals surface area contributed by atoms with Gasteiger partial charge in [0.1, 0.15) is 5.75 Å². The average molecular weight is 650 g/mol. The molecule has 3 aromatic rings. The van der Waals surface area contributed by atoms with Crippen molar-refractivity contribution in [1.29, 1.82) is 0 Å². The van der Waals surface area contributed by atoms with Crippen molar-refractivity contribution in [2.75, 3.05) is 19.8 Å². The third-order valence-corrected chi connectivity index (χ3v) is 7.69. The third-order valence-electron chi connectivity index (χ3n) is 7.17. The smallest absolute Gasteiger partial charge is 0.266 e. The van der Waals surface area contributed by atoms with E-state index in [1.165, 1.54) is 0 Å². The van der Waals surface area contributed by atoms with Gasteiger partial charge in [0.25, 0.3) is 5.91 Å². The Hall–Kier alpha value is -3.89. The number of ether oxygens (including phenoxy) is 2. The highest BCUT2D eigenvalue weighted by molar-refractivity contribution is 9.10. The van der Waals surface area contributed by atoms with E-state index in [0.717, 1.165) is 40.4 Å². The molecule has 0 bridgehead atoms. The highest BCUT2D eigenvalue weighted by atomic mass is 79.9. The Balaban J connectivity index is 1.78. The van der Waals surface area contributed by atoms with E-state index in [-0.39, 0.29) is 25.5 Å². The monoisotopic (exact) mass is 648 g/mol. The molecule has 0 radical (unpaired) electrons.